The highest BCUT2D eigenvalue weighted by molar-refractivity contribution is 7.89. The summed E-state index contributed by atoms with van der Waals surface area (Å²) in [5.74, 6) is 0.970. The first-order valence-electron chi connectivity index (χ1n) is 6.36. The molecule has 0 bridgehead atoms. The van der Waals surface area contributed by atoms with Crippen molar-refractivity contribution in [1.29, 1.82) is 0 Å². The van der Waals surface area contributed by atoms with E-state index in [2.05, 4.69) is 4.72 Å². The number of aliphatic hydroxyl groups is 1. The van der Waals surface area contributed by atoms with E-state index in [0.29, 0.717) is 25.1 Å². The zero-order valence-electron chi connectivity index (χ0n) is 11.5. The Kier molecular flexibility index (Phi) is 4.52. The molecule has 0 amide bonds. The van der Waals surface area contributed by atoms with Gasteiger partial charge in [0.2, 0.25) is 10.0 Å². The topological polar surface area (TPSA) is 84.9 Å². The van der Waals surface area contributed by atoms with Gasteiger partial charge in [0.05, 0.1) is 20.3 Å². The first-order chi connectivity index (χ1) is 9.46. The fraction of sp³-hybridized carbons (Fsp3) is 0.538. The summed E-state index contributed by atoms with van der Waals surface area (Å²) in [6.07, 6.45) is 0.991. The molecule has 2 N–H and O–H groups in total. The summed E-state index contributed by atoms with van der Waals surface area (Å²) in [6.45, 7) is 0.328. The van der Waals surface area contributed by atoms with Crippen molar-refractivity contribution in [2.75, 3.05) is 20.8 Å². The van der Waals surface area contributed by atoms with Crippen LogP contribution in [-0.4, -0.2) is 40.4 Å². The maximum absolute atomic E-state index is 12.2. The van der Waals surface area contributed by atoms with Gasteiger partial charge in [0.15, 0.2) is 0 Å². The molecule has 0 saturated heterocycles. The van der Waals surface area contributed by atoms with Crippen molar-refractivity contribution >= 4 is 10.0 Å². The fourth-order valence-electron chi connectivity index (χ4n) is 2.17. The van der Waals surface area contributed by atoms with E-state index >= 15 is 0 Å². The van der Waals surface area contributed by atoms with Gasteiger partial charge in [-0.25, -0.2) is 13.1 Å². The van der Waals surface area contributed by atoms with Crippen LogP contribution in [0.15, 0.2) is 23.1 Å². The minimum Gasteiger partial charge on any atom is -0.497 e. The molecule has 0 aliphatic heterocycles. The summed E-state index contributed by atoms with van der Waals surface area (Å²) in [6, 6.07) is 4.56. The summed E-state index contributed by atoms with van der Waals surface area (Å²) in [4.78, 5) is 0.0840. The molecule has 20 heavy (non-hydrogen) atoms. The molecule has 0 atom stereocenters. The van der Waals surface area contributed by atoms with E-state index in [0.717, 1.165) is 0 Å². The molecular weight excluding hydrogens is 282 g/mol. The molecule has 0 aromatic heterocycles. The van der Waals surface area contributed by atoms with Gasteiger partial charge in [-0.15, -0.1) is 0 Å². The van der Waals surface area contributed by atoms with Crippen molar-refractivity contribution in [3.63, 3.8) is 0 Å². The Morgan fingerprint density at radius 2 is 2.00 bits per heavy atom. The van der Waals surface area contributed by atoms with E-state index in [1.165, 1.54) is 26.4 Å². The molecule has 0 unspecified atom stereocenters. The monoisotopic (exact) mass is 301 g/mol. The molecule has 0 heterocycles. The van der Waals surface area contributed by atoms with E-state index in [1.807, 2.05) is 0 Å². The first-order valence-corrected chi connectivity index (χ1v) is 7.84. The van der Waals surface area contributed by atoms with Gasteiger partial charge >= 0.3 is 0 Å². The van der Waals surface area contributed by atoms with Gasteiger partial charge < -0.3 is 14.6 Å². The SMILES string of the molecule is COc1ccc(S(=O)(=O)NCC2CC(O)C2)c(OC)c1. The van der Waals surface area contributed by atoms with Crippen molar-refractivity contribution in [2.24, 2.45) is 5.92 Å². The number of nitrogens with one attached hydrogen (secondary N) is 1. The molecule has 1 aliphatic carbocycles. The van der Waals surface area contributed by atoms with Crippen LogP contribution in [0.1, 0.15) is 12.8 Å². The van der Waals surface area contributed by atoms with Crippen LogP contribution in [0.5, 0.6) is 11.5 Å². The summed E-state index contributed by atoms with van der Waals surface area (Å²) in [5, 5.41) is 9.19. The Bertz CT molecular complexity index is 566. The molecule has 1 aromatic carbocycles. The van der Waals surface area contributed by atoms with E-state index < -0.39 is 10.0 Å². The lowest BCUT2D eigenvalue weighted by atomic mass is 9.83. The molecule has 1 fully saturated rings. The van der Waals surface area contributed by atoms with Crippen LogP contribution in [0.2, 0.25) is 0 Å². The minimum absolute atomic E-state index is 0.0840. The molecule has 0 spiro atoms. The normalized spacial score (nSPS) is 22.1. The van der Waals surface area contributed by atoms with Crippen LogP contribution in [0.3, 0.4) is 0 Å². The second-order valence-corrected chi connectivity index (χ2v) is 6.60. The van der Waals surface area contributed by atoms with Gasteiger partial charge in [-0.05, 0) is 30.9 Å². The van der Waals surface area contributed by atoms with Crippen LogP contribution in [-0.2, 0) is 10.0 Å². The number of ether oxygens (including phenoxy) is 2. The predicted octanol–water partition coefficient (Wildman–Crippen LogP) is 0.753. The maximum Gasteiger partial charge on any atom is 0.244 e. The molecule has 0 radical (unpaired) electrons. The number of methoxy groups -OCH3 is 2. The van der Waals surface area contributed by atoms with E-state index in [1.54, 1.807) is 6.07 Å². The number of benzene rings is 1. The second kappa shape index (κ2) is 5.99. The highest BCUT2D eigenvalue weighted by Gasteiger charge is 2.29. The standard InChI is InChI=1S/C13H19NO5S/c1-18-11-3-4-13(12(7-11)19-2)20(16,17)14-8-9-5-10(15)6-9/h3-4,7,9-10,14-15H,5-6,8H2,1-2H3. The quantitative estimate of drug-likeness (QED) is 0.810. The Balaban J connectivity index is 2.12. The van der Waals surface area contributed by atoms with E-state index in [4.69, 9.17) is 9.47 Å². The Morgan fingerprint density at radius 3 is 2.55 bits per heavy atom. The molecule has 1 saturated carbocycles. The van der Waals surface area contributed by atoms with Gasteiger partial charge in [-0.1, -0.05) is 0 Å². The highest BCUT2D eigenvalue weighted by Crippen LogP contribution is 2.30. The van der Waals surface area contributed by atoms with Gasteiger partial charge in [-0.2, -0.15) is 0 Å². The molecule has 6 nitrogen and oxygen atoms in total. The van der Waals surface area contributed by atoms with E-state index in [-0.39, 0.29) is 22.7 Å². The third kappa shape index (κ3) is 3.23. The molecule has 2 rings (SSSR count). The maximum atomic E-state index is 12.2. The van der Waals surface area contributed by atoms with Crippen molar-refractivity contribution in [2.45, 2.75) is 23.8 Å². The summed E-state index contributed by atoms with van der Waals surface area (Å²) in [7, 11) is -0.713. The summed E-state index contributed by atoms with van der Waals surface area (Å²) in [5.41, 5.74) is 0. The van der Waals surface area contributed by atoms with Crippen LogP contribution in [0.4, 0.5) is 0 Å². The zero-order chi connectivity index (χ0) is 14.8. The average molecular weight is 301 g/mol. The molecule has 1 aromatic rings. The second-order valence-electron chi connectivity index (χ2n) is 4.86. The average Bonchev–Trinajstić information content (AvgIpc) is 2.41. The Hall–Kier alpha value is -1.31. The van der Waals surface area contributed by atoms with Crippen LogP contribution >= 0.6 is 0 Å². The highest BCUT2D eigenvalue weighted by atomic mass is 32.2. The largest absolute Gasteiger partial charge is 0.497 e. The van der Waals surface area contributed by atoms with Crippen LogP contribution in [0, 0.1) is 5.92 Å². The van der Waals surface area contributed by atoms with Crippen LogP contribution < -0.4 is 14.2 Å². The van der Waals surface area contributed by atoms with Gasteiger partial charge in [0, 0.05) is 12.6 Å². The summed E-state index contributed by atoms with van der Waals surface area (Å²) >= 11 is 0. The zero-order valence-corrected chi connectivity index (χ0v) is 12.3. The third-order valence-electron chi connectivity index (χ3n) is 3.43. The van der Waals surface area contributed by atoms with Gasteiger partial charge in [-0.3, -0.25) is 0 Å². The Labute approximate surface area is 118 Å². The Morgan fingerprint density at radius 1 is 1.30 bits per heavy atom. The minimum atomic E-state index is -3.63. The number of rotatable bonds is 6. The van der Waals surface area contributed by atoms with Crippen molar-refractivity contribution in [3.05, 3.63) is 18.2 Å². The molecule has 1 aliphatic rings. The van der Waals surface area contributed by atoms with Crippen molar-refractivity contribution < 1.29 is 23.0 Å². The number of hydrogen-bond donors (Lipinski definition) is 2. The van der Waals surface area contributed by atoms with Gasteiger partial charge in [0.1, 0.15) is 16.4 Å². The fourth-order valence-corrected chi connectivity index (χ4v) is 3.43. The first kappa shape index (κ1) is 15.1. The molecule has 112 valence electrons. The number of aliphatic hydroxyl groups excluding tert-OH is 1. The smallest absolute Gasteiger partial charge is 0.244 e. The lowest BCUT2D eigenvalue weighted by Gasteiger charge is -2.31. The molecular formula is C13H19NO5S. The third-order valence-corrected chi connectivity index (χ3v) is 4.90. The number of sulfonamides is 1. The molecule has 7 heteroatoms. The van der Waals surface area contributed by atoms with Crippen molar-refractivity contribution in [1.82, 2.24) is 4.72 Å². The lowest BCUT2D eigenvalue weighted by molar-refractivity contribution is 0.0453. The van der Waals surface area contributed by atoms with Gasteiger partial charge in [0.25, 0.3) is 0 Å². The van der Waals surface area contributed by atoms with Crippen LogP contribution in [0.25, 0.3) is 0 Å². The summed E-state index contributed by atoms with van der Waals surface area (Å²) < 4.78 is 37.2. The lowest BCUT2D eigenvalue weighted by Crippen LogP contribution is -2.38. The predicted molar refractivity (Wildman–Crippen MR) is 73.5 cm³/mol. The number of hydrogen-bond acceptors (Lipinski definition) is 5. The van der Waals surface area contributed by atoms with E-state index in [9.17, 15) is 13.5 Å². The van der Waals surface area contributed by atoms with Crippen molar-refractivity contribution in [3.8, 4) is 11.5 Å².